The van der Waals surface area contributed by atoms with Crippen molar-refractivity contribution in [2.75, 3.05) is 13.1 Å². The van der Waals surface area contributed by atoms with Crippen molar-refractivity contribution >= 4 is 41.9 Å². The van der Waals surface area contributed by atoms with E-state index >= 15 is 0 Å². The zero-order valence-electron chi connectivity index (χ0n) is 10.5. The fourth-order valence-corrected chi connectivity index (χ4v) is 4.75. The molecule has 0 aliphatic rings. The molecule has 0 saturated carbocycles. The summed E-state index contributed by atoms with van der Waals surface area (Å²) in [4.78, 5) is 0.318. The molecule has 0 bridgehead atoms. The van der Waals surface area contributed by atoms with Gasteiger partial charge >= 0.3 is 0 Å². The summed E-state index contributed by atoms with van der Waals surface area (Å²) >= 11 is 6.62. The Morgan fingerprint density at radius 2 is 1.67 bits per heavy atom. The molecule has 0 aliphatic heterocycles. The van der Waals surface area contributed by atoms with E-state index < -0.39 is 10.0 Å². The Morgan fingerprint density at radius 1 is 1.11 bits per heavy atom. The summed E-state index contributed by atoms with van der Waals surface area (Å²) in [6, 6.07) is 5.19. The molecule has 6 heteroatoms. The fraction of sp³-hybridized carbons (Fsp3) is 0.500. The topological polar surface area (TPSA) is 37.4 Å². The van der Waals surface area contributed by atoms with E-state index in [-0.39, 0.29) is 0 Å². The third kappa shape index (κ3) is 3.79. The molecule has 0 atom stereocenters. The maximum atomic E-state index is 12.6. The van der Waals surface area contributed by atoms with Gasteiger partial charge in [0.25, 0.3) is 0 Å². The summed E-state index contributed by atoms with van der Waals surface area (Å²) in [6.07, 6.45) is 1.62. The van der Waals surface area contributed by atoms with Crippen molar-refractivity contribution in [2.24, 2.45) is 0 Å². The van der Waals surface area contributed by atoms with Gasteiger partial charge in [0, 0.05) is 22.0 Å². The van der Waals surface area contributed by atoms with Crippen LogP contribution in [0.1, 0.15) is 26.7 Å². The van der Waals surface area contributed by atoms with Crippen molar-refractivity contribution in [3.8, 4) is 0 Å². The Labute approximate surface area is 126 Å². The first-order chi connectivity index (χ1) is 8.43. The SMILES string of the molecule is CCCN(CCC)S(=O)(=O)c1cc(Br)ccc1Br. The lowest BCUT2D eigenvalue weighted by molar-refractivity contribution is 0.409. The molecule has 1 rings (SSSR count). The van der Waals surface area contributed by atoms with E-state index in [0.717, 1.165) is 17.3 Å². The number of sulfonamides is 1. The summed E-state index contributed by atoms with van der Waals surface area (Å²) in [5, 5.41) is 0. The van der Waals surface area contributed by atoms with Crippen LogP contribution in [0.4, 0.5) is 0 Å². The normalized spacial score (nSPS) is 12.1. The lowest BCUT2D eigenvalue weighted by atomic mass is 10.4. The van der Waals surface area contributed by atoms with Gasteiger partial charge in [-0.15, -0.1) is 0 Å². The Kier molecular flexibility index (Phi) is 6.30. The van der Waals surface area contributed by atoms with Gasteiger partial charge in [-0.2, -0.15) is 4.31 Å². The van der Waals surface area contributed by atoms with Crippen LogP contribution < -0.4 is 0 Å². The smallest absolute Gasteiger partial charge is 0.207 e. The molecule has 0 amide bonds. The van der Waals surface area contributed by atoms with Crippen molar-refractivity contribution in [3.05, 3.63) is 27.1 Å². The summed E-state index contributed by atoms with van der Waals surface area (Å²) in [6.45, 7) is 5.06. The van der Waals surface area contributed by atoms with Gasteiger partial charge in [0.1, 0.15) is 0 Å². The molecular formula is C12H17Br2NO2S. The molecule has 0 radical (unpaired) electrons. The Balaban J connectivity index is 3.21. The number of hydrogen-bond acceptors (Lipinski definition) is 2. The molecule has 0 aliphatic carbocycles. The molecule has 3 nitrogen and oxygen atoms in total. The Bertz CT molecular complexity index is 497. The van der Waals surface area contributed by atoms with Crippen LogP contribution in [0.3, 0.4) is 0 Å². The van der Waals surface area contributed by atoms with Crippen LogP contribution >= 0.6 is 31.9 Å². The first-order valence-corrected chi connectivity index (χ1v) is 8.91. The van der Waals surface area contributed by atoms with Gasteiger partial charge in [-0.3, -0.25) is 0 Å². The third-order valence-electron chi connectivity index (χ3n) is 2.46. The molecule has 0 fully saturated rings. The minimum Gasteiger partial charge on any atom is -0.207 e. The van der Waals surface area contributed by atoms with E-state index in [1.165, 1.54) is 0 Å². The van der Waals surface area contributed by atoms with Crippen molar-refractivity contribution in [3.63, 3.8) is 0 Å². The molecule has 0 N–H and O–H groups in total. The van der Waals surface area contributed by atoms with Crippen LogP contribution in [0.25, 0.3) is 0 Å². The van der Waals surface area contributed by atoms with Gasteiger partial charge in [-0.05, 0) is 47.0 Å². The minimum atomic E-state index is -3.42. The number of benzene rings is 1. The average molecular weight is 399 g/mol. The molecule has 0 aromatic heterocycles. The largest absolute Gasteiger partial charge is 0.244 e. The summed E-state index contributed by atoms with van der Waals surface area (Å²) in [5.41, 5.74) is 0. The predicted octanol–water partition coefficient (Wildman–Crippen LogP) is 4.02. The van der Waals surface area contributed by atoms with E-state index in [0.29, 0.717) is 22.5 Å². The number of hydrogen-bond donors (Lipinski definition) is 0. The van der Waals surface area contributed by atoms with Crippen LogP contribution in [0.15, 0.2) is 32.0 Å². The molecule has 102 valence electrons. The molecule has 1 aromatic rings. The van der Waals surface area contributed by atoms with Crippen LogP contribution in [0.2, 0.25) is 0 Å². The van der Waals surface area contributed by atoms with E-state index in [4.69, 9.17) is 0 Å². The molecule has 18 heavy (non-hydrogen) atoms. The van der Waals surface area contributed by atoms with Crippen molar-refractivity contribution in [1.82, 2.24) is 4.31 Å². The maximum absolute atomic E-state index is 12.6. The van der Waals surface area contributed by atoms with Crippen LogP contribution in [-0.4, -0.2) is 25.8 Å². The monoisotopic (exact) mass is 397 g/mol. The first-order valence-electron chi connectivity index (χ1n) is 5.88. The maximum Gasteiger partial charge on any atom is 0.244 e. The van der Waals surface area contributed by atoms with E-state index in [9.17, 15) is 8.42 Å². The average Bonchev–Trinajstić information content (AvgIpc) is 2.32. The highest BCUT2D eigenvalue weighted by atomic mass is 79.9. The second-order valence-electron chi connectivity index (χ2n) is 3.98. The first kappa shape index (κ1) is 16.1. The molecule has 0 heterocycles. The van der Waals surface area contributed by atoms with Crippen LogP contribution in [0.5, 0.6) is 0 Å². The lowest BCUT2D eigenvalue weighted by Gasteiger charge is -2.21. The molecule has 1 aromatic carbocycles. The third-order valence-corrected chi connectivity index (χ3v) is 5.84. The van der Waals surface area contributed by atoms with Gasteiger partial charge in [0.2, 0.25) is 10.0 Å². The molecule has 0 unspecified atom stereocenters. The second-order valence-corrected chi connectivity index (χ2v) is 7.66. The van der Waals surface area contributed by atoms with Gasteiger partial charge in [-0.25, -0.2) is 8.42 Å². The van der Waals surface area contributed by atoms with Gasteiger partial charge < -0.3 is 0 Å². The van der Waals surface area contributed by atoms with Crippen molar-refractivity contribution < 1.29 is 8.42 Å². The highest BCUT2D eigenvalue weighted by molar-refractivity contribution is 9.11. The van der Waals surface area contributed by atoms with Crippen LogP contribution in [0, 0.1) is 0 Å². The van der Waals surface area contributed by atoms with E-state index in [2.05, 4.69) is 31.9 Å². The van der Waals surface area contributed by atoms with E-state index in [1.54, 1.807) is 16.4 Å². The van der Waals surface area contributed by atoms with E-state index in [1.807, 2.05) is 19.9 Å². The standard InChI is InChI=1S/C12H17Br2NO2S/c1-3-7-15(8-4-2)18(16,17)12-9-10(13)5-6-11(12)14/h5-6,9H,3-4,7-8H2,1-2H3. The van der Waals surface area contributed by atoms with Crippen molar-refractivity contribution in [2.45, 2.75) is 31.6 Å². The fourth-order valence-electron chi connectivity index (χ4n) is 1.66. The predicted molar refractivity (Wildman–Crippen MR) is 81.2 cm³/mol. The van der Waals surface area contributed by atoms with Gasteiger partial charge in [0.15, 0.2) is 0 Å². The summed E-state index contributed by atoms with van der Waals surface area (Å²) in [7, 11) is -3.42. The Hall–Kier alpha value is 0.0900. The van der Waals surface area contributed by atoms with Crippen molar-refractivity contribution in [1.29, 1.82) is 0 Å². The lowest BCUT2D eigenvalue weighted by Crippen LogP contribution is -2.32. The second kappa shape index (κ2) is 7.03. The summed E-state index contributed by atoms with van der Waals surface area (Å²) in [5.74, 6) is 0. The molecule has 0 spiro atoms. The highest BCUT2D eigenvalue weighted by Gasteiger charge is 2.25. The number of nitrogens with zero attached hydrogens (tertiary/aromatic N) is 1. The van der Waals surface area contributed by atoms with Gasteiger partial charge in [0.05, 0.1) is 4.90 Å². The molecule has 0 saturated heterocycles. The van der Waals surface area contributed by atoms with Crippen LogP contribution in [-0.2, 0) is 10.0 Å². The van der Waals surface area contributed by atoms with Gasteiger partial charge in [-0.1, -0.05) is 29.8 Å². The zero-order valence-corrected chi connectivity index (χ0v) is 14.5. The zero-order chi connectivity index (χ0) is 13.8. The summed E-state index contributed by atoms with van der Waals surface area (Å²) < 4.78 is 28.0. The molecular weight excluding hydrogens is 382 g/mol. The quantitative estimate of drug-likeness (QED) is 0.725. The number of halogens is 2. The minimum absolute atomic E-state index is 0.318. The highest BCUT2D eigenvalue weighted by Crippen LogP contribution is 2.28. The Morgan fingerprint density at radius 3 is 2.17 bits per heavy atom. The number of rotatable bonds is 6.